The first-order valence-corrected chi connectivity index (χ1v) is 6.27. The fraction of sp³-hybridized carbons (Fsp3) is 0. The van der Waals surface area contributed by atoms with Crippen LogP contribution in [0, 0.1) is 11.6 Å². The zero-order chi connectivity index (χ0) is 15.0. The van der Waals surface area contributed by atoms with E-state index in [-0.39, 0.29) is 5.02 Å². The lowest BCUT2D eigenvalue weighted by Crippen LogP contribution is -1.97. The number of halogens is 3. The van der Waals surface area contributed by atoms with Gasteiger partial charge in [0.25, 0.3) is 0 Å². The number of phenolic OH excluding ortho intramolecular Hbond substituents is 1. The van der Waals surface area contributed by atoms with Crippen molar-refractivity contribution in [2.75, 3.05) is 5.32 Å². The molecule has 0 fully saturated rings. The summed E-state index contributed by atoms with van der Waals surface area (Å²) in [5.74, 6) is -1.46. The van der Waals surface area contributed by atoms with Crippen molar-refractivity contribution in [1.82, 2.24) is 9.97 Å². The number of hydrogen-bond donors (Lipinski definition) is 2. The Balaban J connectivity index is 2.07. The van der Waals surface area contributed by atoms with Crippen molar-refractivity contribution in [2.24, 2.45) is 0 Å². The summed E-state index contributed by atoms with van der Waals surface area (Å²) in [4.78, 5) is 7.96. The van der Waals surface area contributed by atoms with Gasteiger partial charge in [0.15, 0.2) is 11.6 Å². The van der Waals surface area contributed by atoms with Crippen LogP contribution in [0.5, 0.6) is 5.75 Å². The Morgan fingerprint density at radius 2 is 1.86 bits per heavy atom. The average molecular weight is 308 g/mol. The van der Waals surface area contributed by atoms with E-state index in [1.165, 1.54) is 30.6 Å². The third-order valence-electron chi connectivity index (χ3n) is 2.89. The van der Waals surface area contributed by atoms with E-state index >= 15 is 0 Å². The summed E-state index contributed by atoms with van der Waals surface area (Å²) in [6, 6.07) is 6.42. The number of hydrogen-bond acceptors (Lipinski definition) is 4. The van der Waals surface area contributed by atoms with Crippen molar-refractivity contribution >= 4 is 34.0 Å². The van der Waals surface area contributed by atoms with Gasteiger partial charge >= 0.3 is 0 Å². The number of benzene rings is 2. The highest BCUT2D eigenvalue weighted by atomic mass is 35.5. The maximum Gasteiger partial charge on any atom is 0.166 e. The lowest BCUT2D eigenvalue weighted by atomic mass is 10.2. The molecule has 4 nitrogen and oxygen atoms in total. The zero-order valence-corrected chi connectivity index (χ0v) is 11.2. The van der Waals surface area contributed by atoms with Crippen molar-refractivity contribution in [3.05, 3.63) is 53.3 Å². The van der Waals surface area contributed by atoms with Gasteiger partial charge in [-0.3, -0.25) is 0 Å². The average Bonchev–Trinajstić information content (AvgIpc) is 2.45. The molecule has 106 valence electrons. The number of phenols is 1. The van der Waals surface area contributed by atoms with E-state index < -0.39 is 17.4 Å². The molecule has 0 bridgehead atoms. The predicted octanol–water partition coefficient (Wildman–Crippen LogP) is 4.01. The molecule has 0 atom stereocenters. The number of anilines is 2. The number of fused-ring (bicyclic) bond motifs is 1. The Bertz CT molecular complexity index is 842. The molecule has 0 saturated carbocycles. The maximum atomic E-state index is 13.3. The van der Waals surface area contributed by atoms with E-state index in [0.717, 1.165) is 6.07 Å². The molecule has 1 heterocycles. The van der Waals surface area contributed by atoms with Gasteiger partial charge in [0.2, 0.25) is 0 Å². The standard InChI is InChI=1S/C14H8ClF2N3O/c15-9-3-7(1-2-10(9)16)20-14-8-4-13(21)11(17)5-12(8)18-6-19-14/h1-6,21H,(H,18,19,20). The summed E-state index contributed by atoms with van der Waals surface area (Å²) in [5, 5.41) is 12.8. The molecule has 0 radical (unpaired) electrons. The Kier molecular flexibility index (Phi) is 3.31. The van der Waals surface area contributed by atoms with Gasteiger partial charge in [-0.25, -0.2) is 18.7 Å². The van der Waals surface area contributed by atoms with Crippen LogP contribution < -0.4 is 5.32 Å². The highest BCUT2D eigenvalue weighted by Crippen LogP contribution is 2.29. The highest BCUT2D eigenvalue weighted by Gasteiger charge is 2.10. The quantitative estimate of drug-likeness (QED) is 0.751. The second-order valence-electron chi connectivity index (χ2n) is 4.30. The topological polar surface area (TPSA) is 58.0 Å². The van der Waals surface area contributed by atoms with Crippen LogP contribution in [0.1, 0.15) is 0 Å². The number of nitrogens with zero attached hydrogens (tertiary/aromatic N) is 2. The van der Waals surface area contributed by atoms with Crippen LogP contribution in [-0.4, -0.2) is 15.1 Å². The van der Waals surface area contributed by atoms with Crippen LogP contribution in [0.15, 0.2) is 36.7 Å². The minimum Gasteiger partial charge on any atom is -0.505 e. The van der Waals surface area contributed by atoms with E-state index in [1.807, 2.05) is 0 Å². The molecule has 2 aromatic carbocycles. The van der Waals surface area contributed by atoms with Gasteiger partial charge in [0.05, 0.1) is 10.5 Å². The van der Waals surface area contributed by atoms with Gasteiger partial charge in [0, 0.05) is 17.1 Å². The van der Waals surface area contributed by atoms with Gasteiger partial charge in [0.1, 0.15) is 18.0 Å². The molecular weight excluding hydrogens is 300 g/mol. The zero-order valence-electron chi connectivity index (χ0n) is 10.4. The Hall–Kier alpha value is -2.47. The van der Waals surface area contributed by atoms with Gasteiger partial charge < -0.3 is 10.4 Å². The highest BCUT2D eigenvalue weighted by molar-refractivity contribution is 6.31. The molecule has 21 heavy (non-hydrogen) atoms. The maximum absolute atomic E-state index is 13.3. The van der Waals surface area contributed by atoms with Crippen molar-refractivity contribution < 1.29 is 13.9 Å². The lowest BCUT2D eigenvalue weighted by molar-refractivity contribution is 0.433. The molecule has 0 saturated heterocycles. The number of nitrogens with one attached hydrogen (secondary N) is 1. The minimum absolute atomic E-state index is 0.0350. The lowest BCUT2D eigenvalue weighted by Gasteiger charge is -2.09. The van der Waals surface area contributed by atoms with Crippen LogP contribution >= 0.6 is 11.6 Å². The van der Waals surface area contributed by atoms with Gasteiger partial charge in [-0.05, 0) is 24.3 Å². The van der Waals surface area contributed by atoms with Crippen molar-refractivity contribution in [3.63, 3.8) is 0 Å². The molecule has 1 aromatic heterocycles. The van der Waals surface area contributed by atoms with E-state index in [0.29, 0.717) is 22.4 Å². The Morgan fingerprint density at radius 3 is 2.62 bits per heavy atom. The molecule has 0 aliphatic heterocycles. The Labute approximate surface area is 123 Å². The molecule has 0 aliphatic carbocycles. The van der Waals surface area contributed by atoms with E-state index in [9.17, 15) is 13.9 Å². The molecule has 0 unspecified atom stereocenters. The Morgan fingerprint density at radius 1 is 1.05 bits per heavy atom. The van der Waals surface area contributed by atoms with Crippen molar-refractivity contribution in [1.29, 1.82) is 0 Å². The van der Waals surface area contributed by atoms with E-state index in [1.54, 1.807) is 0 Å². The fourth-order valence-electron chi connectivity index (χ4n) is 1.88. The molecule has 3 aromatic rings. The number of rotatable bonds is 2. The first-order chi connectivity index (χ1) is 10.0. The third-order valence-corrected chi connectivity index (χ3v) is 3.18. The number of aromatic nitrogens is 2. The normalized spacial score (nSPS) is 10.8. The van der Waals surface area contributed by atoms with Gasteiger partial charge in [-0.1, -0.05) is 11.6 Å². The summed E-state index contributed by atoms with van der Waals surface area (Å²) < 4.78 is 26.4. The number of aromatic hydroxyl groups is 1. The summed E-state index contributed by atoms with van der Waals surface area (Å²) >= 11 is 5.71. The van der Waals surface area contributed by atoms with Crippen LogP contribution in [0.25, 0.3) is 10.9 Å². The summed E-state index contributed by atoms with van der Waals surface area (Å²) in [6.45, 7) is 0. The van der Waals surface area contributed by atoms with Crippen molar-refractivity contribution in [3.8, 4) is 5.75 Å². The van der Waals surface area contributed by atoms with E-state index in [2.05, 4.69) is 15.3 Å². The second-order valence-corrected chi connectivity index (χ2v) is 4.70. The van der Waals surface area contributed by atoms with Crippen LogP contribution in [0.3, 0.4) is 0 Å². The molecular formula is C14H8ClF2N3O. The summed E-state index contributed by atoms with van der Waals surface area (Å²) in [6.07, 6.45) is 1.26. The first kappa shape index (κ1) is 13.5. The largest absolute Gasteiger partial charge is 0.505 e. The van der Waals surface area contributed by atoms with Gasteiger partial charge in [-0.2, -0.15) is 0 Å². The minimum atomic E-state index is -0.767. The molecule has 7 heteroatoms. The van der Waals surface area contributed by atoms with Crippen LogP contribution in [0.2, 0.25) is 5.02 Å². The SMILES string of the molecule is Oc1cc2c(Nc3ccc(F)c(Cl)c3)ncnc2cc1F. The molecule has 0 spiro atoms. The summed E-state index contributed by atoms with van der Waals surface area (Å²) in [5.41, 5.74) is 0.834. The summed E-state index contributed by atoms with van der Waals surface area (Å²) in [7, 11) is 0. The fourth-order valence-corrected chi connectivity index (χ4v) is 2.06. The van der Waals surface area contributed by atoms with Crippen LogP contribution in [-0.2, 0) is 0 Å². The monoisotopic (exact) mass is 307 g/mol. The predicted molar refractivity (Wildman–Crippen MR) is 75.9 cm³/mol. The van der Waals surface area contributed by atoms with Gasteiger partial charge in [-0.15, -0.1) is 0 Å². The smallest absolute Gasteiger partial charge is 0.166 e. The van der Waals surface area contributed by atoms with Crippen LogP contribution in [0.4, 0.5) is 20.3 Å². The van der Waals surface area contributed by atoms with Crippen molar-refractivity contribution in [2.45, 2.75) is 0 Å². The molecule has 3 rings (SSSR count). The first-order valence-electron chi connectivity index (χ1n) is 5.90. The van der Waals surface area contributed by atoms with E-state index in [4.69, 9.17) is 11.6 Å². The molecule has 0 aliphatic rings. The molecule has 0 amide bonds. The second kappa shape index (κ2) is 5.14. The third kappa shape index (κ3) is 2.57. The molecule has 2 N–H and O–H groups in total.